The molecule has 0 radical (unpaired) electrons. The minimum Gasteiger partial charge on any atom is -0.454 e. The summed E-state index contributed by atoms with van der Waals surface area (Å²) in [6.45, 7) is 1.26. The number of hydrogen-bond donors (Lipinski definition) is 1. The van der Waals surface area contributed by atoms with Crippen molar-refractivity contribution >= 4 is 34.2 Å². The Morgan fingerprint density at radius 2 is 2.06 bits per heavy atom. The molecule has 2 nitrogen and oxygen atoms in total. The van der Waals surface area contributed by atoms with E-state index in [0.717, 1.165) is 15.1 Å². The van der Waals surface area contributed by atoms with Crippen molar-refractivity contribution in [3.8, 4) is 0 Å². The highest BCUT2D eigenvalue weighted by Crippen LogP contribution is 2.16. The minimum absolute atomic E-state index is 0.150. The summed E-state index contributed by atoms with van der Waals surface area (Å²) in [4.78, 5) is 0. The zero-order chi connectivity index (χ0) is 12.3. The Labute approximate surface area is 117 Å². The van der Waals surface area contributed by atoms with E-state index in [4.69, 9.17) is 16.0 Å². The van der Waals surface area contributed by atoms with Gasteiger partial charge in [-0.1, -0.05) is 17.7 Å². The minimum atomic E-state index is -0.393. The highest BCUT2D eigenvalue weighted by Gasteiger charge is 2.02. The lowest BCUT2D eigenvalue weighted by molar-refractivity contribution is 0.463. The quantitative estimate of drug-likeness (QED) is 0.830. The molecule has 0 fully saturated rings. The van der Waals surface area contributed by atoms with Crippen LogP contribution in [0, 0.1) is 9.58 Å². The first-order chi connectivity index (χ1) is 8.15. The van der Waals surface area contributed by atoms with E-state index in [0.29, 0.717) is 13.1 Å². The predicted molar refractivity (Wildman–Crippen MR) is 73.4 cm³/mol. The molecule has 1 N–H and O–H groups in total. The topological polar surface area (TPSA) is 25.2 Å². The van der Waals surface area contributed by atoms with Crippen LogP contribution in [0.4, 0.5) is 4.39 Å². The van der Waals surface area contributed by atoms with Crippen LogP contribution in [0.2, 0.25) is 5.02 Å². The molecule has 2 aromatic rings. The fourth-order valence-electron chi connectivity index (χ4n) is 1.43. The molecule has 0 aliphatic heterocycles. The molecule has 0 amide bonds. The van der Waals surface area contributed by atoms with E-state index in [1.54, 1.807) is 12.1 Å². The molecule has 17 heavy (non-hydrogen) atoms. The van der Waals surface area contributed by atoms with Gasteiger partial charge in [0.25, 0.3) is 0 Å². The molecular formula is C12H10ClFINO. The number of hydrogen-bond acceptors (Lipinski definition) is 2. The monoisotopic (exact) mass is 365 g/mol. The summed E-state index contributed by atoms with van der Waals surface area (Å²) in [6.07, 6.45) is 0. The molecule has 5 heteroatoms. The molecule has 0 bridgehead atoms. The first-order valence-corrected chi connectivity index (χ1v) is 6.49. The van der Waals surface area contributed by atoms with Crippen molar-refractivity contribution in [3.05, 3.63) is 56.3 Å². The summed E-state index contributed by atoms with van der Waals surface area (Å²) in [5, 5.41) is 3.35. The second-order valence-electron chi connectivity index (χ2n) is 3.56. The van der Waals surface area contributed by atoms with E-state index in [1.165, 1.54) is 6.07 Å². The number of halogens is 3. The number of rotatable bonds is 4. The van der Waals surface area contributed by atoms with Crippen LogP contribution in [0.1, 0.15) is 11.3 Å². The van der Waals surface area contributed by atoms with Gasteiger partial charge in [-0.05, 0) is 52.4 Å². The van der Waals surface area contributed by atoms with Gasteiger partial charge in [-0.15, -0.1) is 0 Å². The van der Waals surface area contributed by atoms with Gasteiger partial charge in [0.2, 0.25) is 0 Å². The highest BCUT2D eigenvalue weighted by molar-refractivity contribution is 14.1. The summed E-state index contributed by atoms with van der Waals surface area (Å²) >= 11 is 7.81. The van der Waals surface area contributed by atoms with Gasteiger partial charge >= 0.3 is 0 Å². The molecule has 0 aliphatic rings. The normalized spacial score (nSPS) is 10.8. The van der Waals surface area contributed by atoms with Crippen LogP contribution >= 0.6 is 34.2 Å². The third-order valence-electron chi connectivity index (χ3n) is 2.24. The van der Waals surface area contributed by atoms with Gasteiger partial charge in [0.1, 0.15) is 11.6 Å². The summed E-state index contributed by atoms with van der Waals surface area (Å²) in [5.41, 5.74) is 0.942. The fourth-order valence-corrected chi connectivity index (χ4v) is 2.09. The Morgan fingerprint density at radius 3 is 2.71 bits per heavy atom. The van der Waals surface area contributed by atoms with Crippen LogP contribution in [0.5, 0.6) is 0 Å². The third kappa shape index (κ3) is 3.69. The molecule has 2 rings (SSSR count). The molecule has 0 saturated heterocycles. The first kappa shape index (κ1) is 12.9. The van der Waals surface area contributed by atoms with E-state index < -0.39 is 5.82 Å². The van der Waals surface area contributed by atoms with Crippen LogP contribution in [0.15, 0.2) is 34.7 Å². The van der Waals surface area contributed by atoms with Gasteiger partial charge in [-0.2, -0.15) is 0 Å². The van der Waals surface area contributed by atoms with Crippen molar-refractivity contribution < 1.29 is 8.81 Å². The van der Waals surface area contributed by atoms with E-state index in [1.807, 2.05) is 12.1 Å². The smallest absolute Gasteiger partial charge is 0.164 e. The Balaban J connectivity index is 1.87. The van der Waals surface area contributed by atoms with Crippen molar-refractivity contribution in [3.63, 3.8) is 0 Å². The molecule has 1 aromatic carbocycles. The SMILES string of the molecule is Fc1ccc(CNCc2ccc(I)o2)cc1Cl. The van der Waals surface area contributed by atoms with Crippen molar-refractivity contribution in [1.29, 1.82) is 0 Å². The fraction of sp³-hybridized carbons (Fsp3) is 0.167. The number of nitrogens with one attached hydrogen (secondary N) is 1. The standard InChI is InChI=1S/C12H10ClFINO/c13-10-5-8(1-3-11(10)14)6-16-7-9-2-4-12(15)17-9/h1-5,16H,6-7H2. The first-order valence-electron chi connectivity index (χ1n) is 5.04. The molecule has 1 heterocycles. The number of furan rings is 1. The van der Waals surface area contributed by atoms with E-state index in [2.05, 4.69) is 27.9 Å². The molecule has 90 valence electrons. The lowest BCUT2D eigenvalue weighted by Gasteiger charge is -2.04. The predicted octanol–water partition coefficient (Wildman–Crippen LogP) is 3.97. The van der Waals surface area contributed by atoms with Crippen LogP contribution in [0.3, 0.4) is 0 Å². The molecule has 0 saturated carbocycles. The molecule has 0 atom stereocenters. The molecule has 0 aliphatic carbocycles. The lowest BCUT2D eigenvalue weighted by atomic mass is 10.2. The largest absolute Gasteiger partial charge is 0.454 e. The van der Waals surface area contributed by atoms with Crippen LogP contribution < -0.4 is 5.32 Å². The van der Waals surface area contributed by atoms with Gasteiger partial charge in [-0.25, -0.2) is 4.39 Å². The van der Waals surface area contributed by atoms with Crippen molar-refractivity contribution in [2.24, 2.45) is 0 Å². The van der Waals surface area contributed by atoms with Gasteiger partial charge in [0.05, 0.1) is 11.6 Å². The number of benzene rings is 1. The van der Waals surface area contributed by atoms with E-state index in [9.17, 15) is 4.39 Å². The highest BCUT2D eigenvalue weighted by atomic mass is 127. The van der Waals surface area contributed by atoms with Crippen molar-refractivity contribution in [1.82, 2.24) is 5.32 Å². The molecule has 0 spiro atoms. The van der Waals surface area contributed by atoms with Crippen LogP contribution in [-0.4, -0.2) is 0 Å². The Bertz CT molecular complexity index is 515. The maximum atomic E-state index is 12.9. The summed E-state index contributed by atoms with van der Waals surface area (Å²) < 4.78 is 19.2. The Morgan fingerprint density at radius 1 is 1.24 bits per heavy atom. The van der Waals surface area contributed by atoms with E-state index in [-0.39, 0.29) is 5.02 Å². The summed E-state index contributed by atoms with van der Waals surface area (Å²) in [7, 11) is 0. The van der Waals surface area contributed by atoms with Crippen LogP contribution in [0.25, 0.3) is 0 Å². The van der Waals surface area contributed by atoms with Crippen molar-refractivity contribution in [2.45, 2.75) is 13.1 Å². The van der Waals surface area contributed by atoms with Gasteiger partial charge in [0.15, 0.2) is 3.77 Å². The Hall–Kier alpha value is -0.590. The van der Waals surface area contributed by atoms with Gasteiger partial charge in [-0.3, -0.25) is 0 Å². The lowest BCUT2D eigenvalue weighted by Crippen LogP contribution is -2.12. The maximum Gasteiger partial charge on any atom is 0.164 e. The van der Waals surface area contributed by atoms with Gasteiger partial charge < -0.3 is 9.73 Å². The van der Waals surface area contributed by atoms with Crippen molar-refractivity contribution in [2.75, 3.05) is 0 Å². The second-order valence-corrected chi connectivity index (χ2v) is 5.03. The average Bonchev–Trinajstić information content (AvgIpc) is 2.70. The van der Waals surface area contributed by atoms with Crippen LogP contribution in [-0.2, 0) is 13.1 Å². The summed E-state index contributed by atoms with van der Waals surface area (Å²) in [5.74, 6) is 0.485. The summed E-state index contributed by atoms with van der Waals surface area (Å²) in [6, 6.07) is 8.53. The zero-order valence-corrected chi connectivity index (χ0v) is 11.8. The van der Waals surface area contributed by atoms with Gasteiger partial charge in [0, 0.05) is 6.54 Å². The van der Waals surface area contributed by atoms with E-state index >= 15 is 0 Å². The third-order valence-corrected chi connectivity index (χ3v) is 3.11. The maximum absolute atomic E-state index is 12.9. The molecule has 1 aromatic heterocycles. The second kappa shape index (κ2) is 5.84. The average molecular weight is 366 g/mol. The Kier molecular flexibility index (Phi) is 4.42. The zero-order valence-electron chi connectivity index (χ0n) is 8.84. The molecule has 0 unspecified atom stereocenters. The molecular weight excluding hydrogens is 355 g/mol.